The van der Waals surface area contributed by atoms with Crippen molar-refractivity contribution in [3.8, 4) is 0 Å². The Morgan fingerprint density at radius 1 is 0.800 bits per heavy atom. The minimum absolute atomic E-state index is 0. The van der Waals surface area contributed by atoms with Crippen LogP contribution < -0.4 is 0 Å². The molecule has 0 aliphatic heterocycles. The first-order valence-corrected chi connectivity index (χ1v) is 12.1. The summed E-state index contributed by atoms with van der Waals surface area (Å²) in [5.74, 6) is 2.33. The normalized spacial score (nSPS) is 12.1. The van der Waals surface area contributed by atoms with E-state index in [1.165, 1.54) is 0 Å². The summed E-state index contributed by atoms with van der Waals surface area (Å²) in [6.07, 6.45) is 2.03. The second kappa shape index (κ2) is 24.4. The number of nitrogens with zero attached hydrogens (tertiary/aromatic N) is 2. The Morgan fingerprint density at radius 2 is 1.10 bits per heavy atom. The van der Waals surface area contributed by atoms with Gasteiger partial charge in [-0.3, -0.25) is 9.59 Å². The Balaban J connectivity index is -0.0000000812. The molecule has 188 valence electrons. The molecule has 0 heterocycles. The second-order valence-electron chi connectivity index (χ2n) is 9.61. The molecule has 30 heavy (non-hydrogen) atoms. The van der Waals surface area contributed by atoms with Crippen molar-refractivity contribution >= 4 is 58.1 Å². The molecule has 0 bridgehead atoms. The molecule has 0 amide bonds. The van der Waals surface area contributed by atoms with Gasteiger partial charge in [-0.25, -0.2) is 0 Å². The number of hydrogen-bond donors (Lipinski definition) is 0. The molecule has 2 atom stereocenters. The minimum atomic E-state index is 0. The van der Waals surface area contributed by atoms with Crippen molar-refractivity contribution < 1.29 is 14.1 Å². The van der Waals surface area contributed by atoms with E-state index in [1.54, 1.807) is 13.8 Å². The summed E-state index contributed by atoms with van der Waals surface area (Å²) >= 11 is 2.15. The van der Waals surface area contributed by atoms with Crippen LogP contribution in [0.15, 0.2) is 0 Å². The van der Waals surface area contributed by atoms with Gasteiger partial charge in [0.1, 0.15) is 11.6 Å². The van der Waals surface area contributed by atoms with Gasteiger partial charge in [-0.05, 0) is 57.6 Å². The van der Waals surface area contributed by atoms with E-state index in [0.29, 0.717) is 23.4 Å². The van der Waals surface area contributed by atoms with Crippen LogP contribution in [0.25, 0.3) is 0 Å². The lowest BCUT2D eigenvalue weighted by molar-refractivity contribution is -0.872. The van der Waals surface area contributed by atoms with Crippen LogP contribution in [0.3, 0.4) is 0 Å². The van der Waals surface area contributed by atoms with Crippen molar-refractivity contribution in [1.29, 1.82) is 0 Å². The van der Waals surface area contributed by atoms with E-state index in [-0.39, 0.29) is 50.7 Å². The average Bonchev–Trinajstić information content (AvgIpc) is 2.45. The summed E-state index contributed by atoms with van der Waals surface area (Å²) in [5, 5.41) is 0. The first-order valence-electron chi connectivity index (χ1n) is 9.99. The average molecular weight is 660 g/mol. The van der Waals surface area contributed by atoms with Crippen molar-refractivity contribution in [2.24, 2.45) is 23.7 Å². The predicted molar refractivity (Wildman–Crippen MR) is 158 cm³/mol. The summed E-state index contributed by atoms with van der Waals surface area (Å²) in [5.41, 5.74) is 0. The zero-order chi connectivity index (χ0) is 22.4. The Labute approximate surface area is 222 Å². The number of halogens is 2. The predicted octanol–water partition coefficient (Wildman–Crippen LogP) is 6.68. The lowest BCUT2D eigenvalue weighted by atomic mass is 9.93. The van der Waals surface area contributed by atoms with Crippen LogP contribution >= 0.6 is 46.6 Å². The van der Waals surface area contributed by atoms with Crippen LogP contribution in [0.5, 0.6) is 0 Å². The third kappa shape index (κ3) is 33.4. The zero-order valence-electron chi connectivity index (χ0n) is 20.6. The zero-order valence-corrected chi connectivity index (χ0v) is 25.1. The smallest absolute Gasteiger partial charge is 0.138 e. The number of Topliss-reactive ketones (excluding diaryl/α,β-unsaturated/α-hetero) is 2. The maximum absolute atomic E-state index is 11.3. The summed E-state index contributed by atoms with van der Waals surface area (Å²) in [7, 11) is 10.4. The molecule has 0 spiro atoms. The third-order valence-electron chi connectivity index (χ3n) is 4.02. The van der Waals surface area contributed by atoms with Gasteiger partial charge < -0.3 is 9.38 Å². The summed E-state index contributed by atoms with van der Waals surface area (Å²) in [6.45, 7) is 13.9. The van der Waals surface area contributed by atoms with Gasteiger partial charge in [0, 0.05) is 12.5 Å². The van der Waals surface area contributed by atoms with Crippen LogP contribution in [-0.2, 0) is 9.59 Å². The fourth-order valence-electron chi connectivity index (χ4n) is 2.98. The Hall–Kier alpha value is 0.720. The Morgan fingerprint density at radius 3 is 1.30 bits per heavy atom. The third-order valence-corrected chi connectivity index (χ3v) is 4.02. The number of ketones is 2. The van der Waals surface area contributed by atoms with E-state index in [4.69, 9.17) is 0 Å². The Kier molecular flexibility index (Phi) is 36.1. The monoisotopic (exact) mass is 659 g/mol. The van der Waals surface area contributed by atoms with Crippen LogP contribution in [0, 0.1) is 23.7 Å². The van der Waals surface area contributed by atoms with Crippen molar-refractivity contribution in [3.05, 3.63) is 0 Å². The standard InChI is InChI=1S/C11H24NO.C10H21NO.CH3I.2CH4.HI/c1-9(2)7-11(10(3)13)8-12(4,5)6;1-8(2)6-10(9(3)12)7-11(4)5;1-2;;;/h9,11H,7-8H2,1-6H3;8,10H,6-7H2,1-5H3;1H3;2*1H4;1H/q+1;;;;;. The second-order valence-corrected chi connectivity index (χ2v) is 9.61. The minimum Gasteiger partial charge on any atom is -0.330 e. The number of hydrogen-bond acceptors (Lipinski definition) is 3. The molecule has 2 unspecified atom stereocenters. The molecule has 0 saturated heterocycles. The lowest BCUT2D eigenvalue weighted by Crippen LogP contribution is -2.41. The molecule has 6 heteroatoms. The summed E-state index contributed by atoms with van der Waals surface area (Å²) < 4.78 is 0.872. The van der Waals surface area contributed by atoms with E-state index >= 15 is 0 Å². The molecule has 0 rings (SSSR count). The van der Waals surface area contributed by atoms with Gasteiger partial charge >= 0.3 is 0 Å². The molecule has 0 N–H and O–H groups in total. The van der Waals surface area contributed by atoms with Gasteiger partial charge in [-0.2, -0.15) is 0 Å². The van der Waals surface area contributed by atoms with Crippen molar-refractivity contribution in [2.75, 3.05) is 53.3 Å². The number of carbonyl (C=O) groups is 2. The molecule has 0 aliphatic rings. The van der Waals surface area contributed by atoms with Gasteiger partial charge in [0.2, 0.25) is 0 Å². The van der Waals surface area contributed by atoms with Crippen molar-refractivity contribution in [2.45, 2.75) is 69.2 Å². The quantitative estimate of drug-likeness (QED) is 0.149. The van der Waals surface area contributed by atoms with E-state index < -0.39 is 0 Å². The number of rotatable bonds is 10. The highest BCUT2D eigenvalue weighted by molar-refractivity contribution is 14.1. The molecule has 0 radical (unpaired) electrons. The van der Waals surface area contributed by atoms with Crippen LogP contribution in [0.1, 0.15) is 69.2 Å². The van der Waals surface area contributed by atoms with E-state index in [9.17, 15) is 9.59 Å². The highest BCUT2D eigenvalue weighted by Gasteiger charge is 2.22. The van der Waals surface area contributed by atoms with Gasteiger partial charge in [0.25, 0.3) is 0 Å². The number of quaternary nitrogens is 1. The highest BCUT2D eigenvalue weighted by atomic mass is 127. The molecule has 0 aromatic carbocycles. The van der Waals surface area contributed by atoms with Crippen LogP contribution in [0.2, 0.25) is 0 Å². The fraction of sp³-hybridized carbons (Fsp3) is 0.917. The van der Waals surface area contributed by atoms with E-state index in [2.05, 4.69) is 76.3 Å². The van der Waals surface area contributed by atoms with E-state index in [1.807, 2.05) is 19.0 Å². The lowest BCUT2D eigenvalue weighted by Gasteiger charge is -2.28. The van der Waals surface area contributed by atoms with Crippen molar-refractivity contribution in [3.63, 3.8) is 0 Å². The van der Waals surface area contributed by atoms with Crippen LogP contribution in [0.4, 0.5) is 0 Å². The molecular formula is C24H57I2N2O2+. The molecule has 0 saturated carbocycles. The summed E-state index contributed by atoms with van der Waals surface area (Å²) in [6, 6.07) is 0. The molecule has 0 fully saturated rings. The summed E-state index contributed by atoms with van der Waals surface area (Å²) in [4.78, 5) is 26.6. The van der Waals surface area contributed by atoms with Crippen molar-refractivity contribution in [1.82, 2.24) is 4.90 Å². The highest BCUT2D eigenvalue weighted by Crippen LogP contribution is 2.15. The molecular weight excluding hydrogens is 602 g/mol. The Bertz CT molecular complexity index is 383. The first kappa shape index (κ1) is 44.4. The molecule has 0 aromatic heterocycles. The maximum atomic E-state index is 11.3. The number of carbonyl (C=O) groups excluding carboxylic acids is 2. The molecule has 4 nitrogen and oxygen atoms in total. The SMILES string of the molecule is C.C.CC(=O)C(CC(C)C)CN(C)C.CC(=O)C(CC(C)C)C[N+](C)(C)C.CI.I. The molecule has 0 aliphatic carbocycles. The van der Waals surface area contributed by atoms with Gasteiger partial charge in [-0.15, -0.1) is 24.0 Å². The fourth-order valence-corrected chi connectivity index (χ4v) is 2.98. The van der Waals surface area contributed by atoms with Gasteiger partial charge in [-0.1, -0.05) is 65.1 Å². The van der Waals surface area contributed by atoms with Gasteiger partial charge in [0.15, 0.2) is 0 Å². The number of alkyl halides is 1. The molecule has 0 aromatic rings. The first-order chi connectivity index (χ1) is 12.2. The topological polar surface area (TPSA) is 37.4 Å². The maximum Gasteiger partial charge on any atom is 0.138 e. The van der Waals surface area contributed by atoms with Gasteiger partial charge in [0.05, 0.1) is 33.6 Å². The largest absolute Gasteiger partial charge is 0.330 e. The van der Waals surface area contributed by atoms with Crippen LogP contribution in [-0.4, -0.2) is 74.2 Å². The van der Waals surface area contributed by atoms with E-state index in [0.717, 1.165) is 30.4 Å².